The second kappa shape index (κ2) is 7.67. The van der Waals surface area contributed by atoms with Crippen LogP contribution in [0.5, 0.6) is 0 Å². The standard InChI is InChI=1S/C13H24N2O2S/c1-4-10(3)12-13(17)15(8-9-18-5-2)7-6-11(16)14-12/h10,12H,4-9H2,1-3H3,(H,14,16). The number of thioether (sulfide) groups is 1. The predicted octanol–water partition coefficient (Wildman–Crippen LogP) is 1.50. The van der Waals surface area contributed by atoms with E-state index in [9.17, 15) is 9.59 Å². The van der Waals surface area contributed by atoms with E-state index in [0.29, 0.717) is 13.0 Å². The highest BCUT2D eigenvalue weighted by Gasteiger charge is 2.32. The maximum atomic E-state index is 12.4. The molecule has 1 rings (SSSR count). The summed E-state index contributed by atoms with van der Waals surface area (Å²) in [4.78, 5) is 25.9. The summed E-state index contributed by atoms with van der Waals surface area (Å²) in [5, 5.41) is 2.86. The van der Waals surface area contributed by atoms with Gasteiger partial charge in [0.1, 0.15) is 6.04 Å². The van der Waals surface area contributed by atoms with Crippen molar-refractivity contribution < 1.29 is 9.59 Å². The Bertz CT molecular complexity index is 297. The molecule has 1 N–H and O–H groups in total. The van der Waals surface area contributed by atoms with E-state index in [1.807, 2.05) is 30.5 Å². The summed E-state index contributed by atoms with van der Waals surface area (Å²) in [6, 6.07) is -0.336. The van der Waals surface area contributed by atoms with Gasteiger partial charge in [0.25, 0.3) is 0 Å². The average molecular weight is 272 g/mol. The molecule has 2 unspecified atom stereocenters. The second-order valence-electron chi connectivity index (χ2n) is 4.70. The van der Waals surface area contributed by atoms with Gasteiger partial charge in [0.15, 0.2) is 0 Å². The van der Waals surface area contributed by atoms with Gasteiger partial charge < -0.3 is 10.2 Å². The van der Waals surface area contributed by atoms with E-state index in [1.54, 1.807) is 0 Å². The Balaban J connectivity index is 2.67. The van der Waals surface area contributed by atoms with Crippen LogP contribution in [0.2, 0.25) is 0 Å². The largest absolute Gasteiger partial charge is 0.344 e. The molecule has 0 aromatic rings. The molecular formula is C13H24N2O2S. The van der Waals surface area contributed by atoms with E-state index in [0.717, 1.165) is 24.5 Å². The van der Waals surface area contributed by atoms with Crippen LogP contribution in [0.25, 0.3) is 0 Å². The third-order valence-electron chi connectivity index (χ3n) is 3.43. The predicted molar refractivity (Wildman–Crippen MR) is 75.6 cm³/mol. The first-order chi connectivity index (χ1) is 8.60. The number of hydrogen-bond acceptors (Lipinski definition) is 3. The number of hydrogen-bond donors (Lipinski definition) is 1. The molecule has 2 amide bonds. The smallest absolute Gasteiger partial charge is 0.245 e. The molecule has 0 aliphatic carbocycles. The molecule has 1 aliphatic rings. The average Bonchev–Trinajstić information content (AvgIpc) is 2.50. The molecule has 0 aromatic carbocycles. The Labute approximate surface area is 114 Å². The molecule has 1 fully saturated rings. The van der Waals surface area contributed by atoms with Crippen molar-refractivity contribution in [1.29, 1.82) is 0 Å². The lowest BCUT2D eigenvalue weighted by Crippen LogP contribution is -2.48. The van der Waals surface area contributed by atoms with Gasteiger partial charge in [-0.05, 0) is 11.7 Å². The zero-order valence-corrected chi connectivity index (χ0v) is 12.4. The Morgan fingerprint density at radius 2 is 2.17 bits per heavy atom. The minimum absolute atomic E-state index is 0.000653. The lowest BCUT2D eigenvalue weighted by Gasteiger charge is -2.27. The van der Waals surface area contributed by atoms with E-state index in [1.165, 1.54) is 0 Å². The summed E-state index contributed by atoms with van der Waals surface area (Å²) in [5.74, 6) is 2.30. The van der Waals surface area contributed by atoms with Gasteiger partial charge in [-0.2, -0.15) is 11.8 Å². The van der Waals surface area contributed by atoms with Crippen LogP contribution >= 0.6 is 11.8 Å². The third kappa shape index (κ3) is 4.19. The molecule has 0 bridgehead atoms. The maximum absolute atomic E-state index is 12.4. The molecule has 1 heterocycles. The first-order valence-corrected chi connectivity index (χ1v) is 7.91. The van der Waals surface area contributed by atoms with Crippen LogP contribution in [0.3, 0.4) is 0 Å². The van der Waals surface area contributed by atoms with Crippen molar-refractivity contribution in [2.75, 3.05) is 24.6 Å². The topological polar surface area (TPSA) is 49.4 Å². The van der Waals surface area contributed by atoms with Crippen molar-refractivity contribution in [1.82, 2.24) is 10.2 Å². The summed E-state index contributed by atoms with van der Waals surface area (Å²) >= 11 is 1.83. The van der Waals surface area contributed by atoms with E-state index in [-0.39, 0.29) is 23.8 Å². The van der Waals surface area contributed by atoms with Crippen molar-refractivity contribution in [3.8, 4) is 0 Å². The Kier molecular flexibility index (Phi) is 6.54. The molecule has 4 nitrogen and oxygen atoms in total. The van der Waals surface area contributed by atoms with Gasteiger partial charge in [-0.15, -0.1) is 0 Å². The normalized spacial score (nSPS) is 22.6. The molecule has 0 aromatic heterocycles. The van der Waals surface area contributed by atoms with E-state index >= 15 is 0 Å². The van der Waals surface area contributed by atoms with Crippen molar-refractivity contribution in [3.63, 3.8) is 0 Å². The SMILES string of the molecule is CCSCCN1CCC(=O)NC(C(C)CC)C1=O. The van der Waals surface area contributed by atoms with E-state index in [2.05, 4.69) is 12.2 Å². The molecule has 104 valence electrons. The van der Waals surface area contributed by atoms with E-state index in [4.69, 9.17) is 0 Å². The number of carbonyl (C=O) groups is 2. The van der Waals surface area contributed by atoms with Gasteiger partial charge in [0, 0.05) is 25.3 Å². The van der Waals surface area contributed by atoms with Crippen LogP contribution in [-0.2, 0) is 9.59 Å². The summed E-state index contributed by atoms with van der Waals surface area (Å²) in [5.41, 5.74) is 0. The fourth-order valence-corrected chi connectivity index (χ4v) is 2.65. The molecule has 1 aliphatic heterocycles. The summed E-state index contributed by atoms with van der Waals surface area (Å²) in [6.07, 6.45) is 1.32. The molecule has 0 saturated carbocycles. The summed E-state index contributed by atoms with van der Waals surface area (Å²) in [6.45, 7) is 7.49. The maximum Gasteiger partial charge on any atom is 0.245 e. The molecule has 0 radical (unpaired) electrons. The number of rotatable bonds is 6. The van der Waals surface area contributed by atoms with Crippen LogP contribution < -0.4 is 5.32 Å². The Morgan fingerprint density at radius 3 is 2.78 bits per heavy atom. The van der Waals surface area contributed by atoms with Crippen LogP contribution in [0.15, 0.2) is 0 Å². The Hall–Kier alpha value is -0.710. The van der Waals surface area contributed by atoms with E-state index < -0.39 is 0 Å². The van der Waals surface area contributed by atoms with Crippen LogP contribution in [-0.4, -0.2) is 47.4 Å². The molecule has 5 heteroatoms. The van der Waals surface area contributed by atoms with Crippen molar-refractivity contribution >= 4 is 23.6 Å². The zero-order chi connectivity index (χ0) is 13.5. The van der Waals surface area contributed by atoms with Crippen molar-refractivity contribution in [3.05, 3.63) is 0 Å². The summed E-state index contributed by atoms with van der Waals surface area (Å²) < 4.78 is 0. The minimum Gasteiger partial charge on any atom is -0.344 e. The molecule has 2 atom stereocenters. The number of amides is 2. The van der Waals surface area contributed by atoms with Gasteiger partial charge in [-0.3, -0.25) is 9.59 Å². The van der Waals surface area contributed by atoms with Gasteiger partial charge >= 0.3 is 0 Å². The van der Waals surface area contributed by atoms with Crippen molar-refractivity contribution in [2.24, 2.45) is 5.92 Å². The monoisotopic (exact) mass is 272 g/mol. The third-order valence-corrected chi connectivity index (χ3v) is 4.31. The van der Waals surface area contributed by atoms with Crippen LogP contribution in [0.1, 0.15) is 33.6 Å². The first-order valence-electron chi connectivity index (χ1n) is 6.76. The number of nitrogens with zero attached hydrogens (tertiary/aromatic N) is 1. The fourth-order valence-electron chi connectivity index (χ4n) is 2.01. The zero-order valence-electron chi connectivity index (χ0n) is 11.6. The van der Waals surface area contributed by atoms with Gasteiger partial charge in [0.05, 0.1) is 0 Å². The summed E-state index contributed by atoms with van der Waals surface area (Å²) in [7, 11) is 0. The van der Waals surface area contributed by atoms with Gasteiger partial charge in [-0.1, -0.05) is 27.2 Å². The molecule has 1 saturated heterocycles. The lowest BCUT2D eigenvalue weighted by atomic mass is 9.98. The highest BCUT2D eigenvalue weighted by Crippen LogP contribution is 2.14. The minimum atomic E-state index is -0.336. The van der Waals surface area contributed by atoms with Gasteiger partial charge in [0.2, 0.25) is 11.8 Å². The fraction of sp³-hybridized carbons (Fsp3) is 0.846. The molecular weight excluding hydrogens is 248 g/mol. The number of nitrogens with one attached hydrogen (secondary N) is 1. The van der Waals surface area contributed by atoms with Crippen LogP contribution in [0, 0.1) is 5.92 Å². The molecule has 0 spiro atoms. The second-order valence-corrected chi connectivity index (χ2v) is 6.10. The van der Waals surface area contributed by atoms with Gasteiger partial charge in [-0.25, -0.2) is 0 Å². The number of carbonyl (C=O) groups excluding carboxylic acids is 2. The Morgan fingerprint density at radius 1 is 1.44 bits per heavy atom. The first kappa shape index (κ1) is 15.3. The van der Waals surface area contributed by atoms with Crippen LogP contribution in [0.4, 0.5) is 0 Å². The highest BCUT2D eigenvalue weighted by molar-refractivity contribution is 7.99. The van der Waals surface area contributed by atoms with Crippen molar-refractivity contribution in [2.45, 2.75) is 39.7 Å². The highest BCUT2D eigenvalue weighted by atomic mass is 32.2. The molecule has 18 heavy (non-hydrogen) atoms. The lowest BCUT2D eigenvalue weighted by molar-refractivity contribution is -0.134. The quantitative estimate of drug-likeness (QED) is 0.746.